The van der Waals surface area contributed by atoms with E-state index in [4.69, 9.17) is 32.2 Å². The van der Waals surface area contributed by atoms with Crippen LogP contribution < -0.4 is 15.1 Å². The van der Waals surface area contributed by atoms with Crippen molar-refractivity contribution in [3.05, 3.63) is 103 Å². The maximum absolute atomic E-state index is 7.46. The molecule has 0 aromatic heterocycles. The molecule has 356 valence electrons. The van der Waals surface area contributed by atoms with Gasteiger partial charge in [-0.2, -0.15) is 0 Å². The highest BCUT2D eigenvalue weighted by Crippen LogP contribution is 2.44. The number of ether oxygens (including phenoxy) is 4. The van der Waals surface area contributed by atoms with Crippen molar-refractivity contribution >= 4 is 35.3 Å². The number of benzene rings is 3. The molecule has 2 aliphatic rings. The minimum absolute atomic E-state index is 0.0375. The molecular formula is C54H86O7Si3. The fraction of sp³-hybridized carbons (Fsp3) is 0.630. The fourth-order valence-corrected chi connectivity index (χ4v) is 16.7. The molecule has 0 amide bonds. The van der Waals surface area contributed by atoms with Gasteiger partial charge in [0.2, 0.25) is 0 Å². The monoisotopic (exact) mass is 931 g/mol. The molecule has 5 rings (SSSR count). The van der Waals surface area contributed by atoms with Gasteiger partial charge >= 0.3 is 0 Å². The van der Waals surface area contributed by atoms with E-state index in [1.807, 2.05) is 12.1 Å². The standard InChI is InChI=1S/C54H86O7Si3/c1-39-34-44(59-51(39)40(2)37-57-64(54(10,11)12,46-24-20-18-21-25-46)47-26-22-19-23-27-47)35-45(60-62(14,15)52(4,5)6)36-50-49(61-63(16,17)53(7,8)9)33-32-48(41(3)58-50)56-38-42-28-30-43(55-13)31-29-42/h18-31,39-40,44-45,48-51H,3,32-38H2,1-2,4-17H3/t39-,40+,44+,45-,48-,49+,50-,51+/m1/s1. The largest absolute Gasteiger partial charge is 0.497 e. The van der Waals surface area contributed by atoms with Gasteiger partial charge in [-0.3, -0.25) is 0 Å². The molecule has 2 fully saturated rings. The summed E-state index contributed by atoms with van der Waals surface area (Å²) in [7, 11) is -5.39. The molecule has 0 N–H and O–H groups in total. The van der Waals surface area contributed by atoms with Gasteiger partial charge in [0.25, 0.3) is 8.32 Å². The van der Waals surface area contributed by atoms with Crippen molar-refractivity contribution in [3.63, 3.8) is 0 Å². The van der Waals surface area contributed by atoms with Crippen LogP contribution in [0.5, 0.6) is 5.75 Å². The zero-order valence-corrected chi connectivity index (χ0v) is 45.7. The zero-order valence-electron chi connectivity index (χ0n) is 42.7. The van der Waals surface area contributed by atoms with E-state index in [0.717, 1.165) is 37.0 Å². The normalized spacial score (nSPS) is 23.9. The van der Waals surface area contributed by atoms with E-state index in [-0.39, 0.29) is 57.7 Å². The minimum atomic E-state index is -2.69. The molecule has 2 saturated heterocycles. The predicted octanol–water partition coefficient (Wildman–Crippen LogP) is 12.8. The van der Waals surface area contributed by atoms with E-state index in [9.17, 15) is 0 Å². The van der Waals surface area contributed by atoms with Crippen molar-refractivity contribution in [2.24, 2.45) is 11.8 Å². The maximum Gasteiger partial charge on any atom is 0.261 e. The molecule has 0 aliphatic carbocycles. The number of rotatable bonds is 18. The number of methoxy groups -OCH3 is 1. The van der Waals surface area contributed by atoms with Gasteiger partial charge in [-0.15, -0.1) is 0 Å². The number of hydrogen-bond donors (Lipinski definition) is 0. The van der Waals surface area contributed by atoms with Crippen LogP contribution in [0.2, 0.25) is 41.3 Å². The molecular weight excluding hydrogens is 845 g/mol. The molecule has 3 aromatic rings. The fourth-order valence-electron chi connectivity index (χ4n) is 9.25. The number of hydrogen-bond acceptors (Lipinski definition) is 7. The summed E-state index contributed by atoms with van der Waals surface area (Å²) in [6, 6.07) is 30.0. The third-order valence-electron chi connectivity index (χ3n) is 15.0. The Labute approximate surface area is 392 Å². The Morgan fingerprint density at radius 1 is 0.734 bits per heavy atom. The lowest BCUT2D eigenvalue weighted by atomic mass is 9.91. The van der Waals surface area contributed by atoms with Crippen LogP contribution in [0.25, 0.3) is 0 Å². The molecule has 2 heterocycles. The van der Waals surface area contributed by atoms with Gasteiger partial charge in [-0.1, -0.05) is 156 Å². The summed E-state index contributed by atoms with van der Waals surface area (Å²) < 4.78 is 48.3. The van der Waals surface area contributed by atoms with Gasteiger partial charge in [-0.25, -0.2) is 0 Å². The summed E-state index contributed by atoms with van der Waals surface area (Å²) in [6.07, 6.45) is 3.51. The van der Waals surface area contributed by atoms with Crippen LogP contribution in [0.15, 0.2) is 97.3 Å². The lowest BCUT2D eigenvalue weighted by Crippen LogP contribution is -2.67. The average Bonchev–Trinajstić information content (AvgIpc) is 3.51. The van der Waals surface area contributed by atoms with Crippen LogP contribution in [0, 0.1) is 11.8 Å². The Hall–Kier alpha value is -2.55. The van der Waals surface area contributed by atoms with Gasteiger partial charge in [0.05, 0.1) is 38.1 Å². The second-order valence-electron chi connectivity index (χ2n) is 23.1. The van der Waals surface area contributed by atoms with Gasteiger partial charge < -0.3 is 32.2 Å². The van der Waals surface area contributed by atoms with Crippen molar-refractivity contribution in [2.45, 2.75) is 193 Å². The summed E-state index contributed by atoms with van der Waals surface area (Å²) in [5, 5.41) is 2.60. The van der Waals surface area contributed by atoms with E-state index < -0.39 is 25.0 Å². The van der Waals surface area contributed by atoms with Crippen molar-refractivity contribution < 1.29 is 32.2 Å². The van der Waals surface area contributed by atoms with Crippen molar-refractivity contribution in [3.8, 4) is 5.75 Å². The third kappa shape index (κ3) is 12.7. The van der Waals surface area contributed by atoms with E-state index in [0.29, 0.717) is 31.3 Å². The van der Waals surface area contributed by atoms with Crippen molar-refractivity contribution in [1.82, 2.24) is 0 Å². The predicted molar refractivity (Wildman–Crippen MR) is 273 cm³/mol. The summed E-state index contributed by atoms with van der Waals surface area (Å²) in [5.41, 5.74) is 1.08. The quantitative estimate of drug-likeness (QED) is 0.118. The molecule has 0 bridgehead atoms. The molecule has 3 aromatic carbocycles. The summed E-state index contributed by atoms with van der Waals surface area (Å²) >= 11 is 0. The third-order valence-corrected chi connectivity index (χ3v) is 29.1. The lowest BCUT2D eigenvalue weighted by Gasteiger charge is -2.44. The topological polar surface area (TPSA) is 64.6 Å². The SMILES string of the molecule is C=C1O[C@H](C[C@@H](C[C@@H]2C[C@@H](C)[C@@H]([C@@H](C)CO[Si](c3ccccc3)(c3ccccc3)C(C)(C)C)O2)O[Si](C)(C)C(C)(C)C)[C@@H](O[Si](C)(C)C(C)(C)C)CC[C@H]1OCc1ccc(OC)cc1. The van der Waals surface area contributed by atoms with E-state index >= 15 is 0 Å². The second-order valence-corrected chi connectivity index (χ2v) is 36.9. The molecule has 0 spiro atoms. The van der Waals surface area contributed by atoms with Crippen LogP contribution in [0.1, 0.15) is 114 Å². The van der Waals surface area contributed by atoms with Crippen LogP contribution >= 0.6 is 0 Å². The molecule has 64 heavy (non-hydrogen) atoms. The Kier molecular flexibility index (Phi) is 17.3. The second kappa shape index (κ2) is 21.2. The first-order chi connectivity index (χ1) is 29.8. The minimum Gasteiger partial charge on any atom is -0.497 e. The average molecular weight is 932 g/mol. The summed E-state index contributed by atoms with van der Waals surface area (Å²) in [5.74, 6) is 2.08. The first kappa shape index (κ1) is 52.4. The van der Waals surface area contributed by atoms with Gasteiger partial charge in [0, 0.05) is 18.9 Å². The molecule has 8 atom stereocenters. The van der Waals surface area contributed by atoms with E-state index in [1.165, 1.54) is 10.4 Å². The molecule has 0 saturated carbocycles. The van der Waals surface area contributed by atoms with Crippen molar-refractivity contribution in [1.29, 1.82) is 0 Å². The zero-order chi connectivity index (χ0) is 47.3. The van der Waals surface area contributed by atoms with Gasteiger partial charge in [0.1, 0.15) is 23.7 Å². The van der Waals surface area contributed by atoms with Crippen molar-refractivity contribution in [2.75, 3.05) is 13.7 Å². The highest BCUT2D eigenvalue weighted by atomic mass is 28.4. The van der Waals surface area contributed by atoms with E-state index in [1.54, 1.807) is 7.11 Å². The van der Waals surface area contributed by atoms with Crippen LogP contribution in [-0.4, -0.2) is 75.3 Å². The Morgan fingerprint density at radius 2 is 1.30 bits per heavy atom. The highest BCUT2D eigenvalue weighted by Gasteiger charge is 2.51. The Balaban J connectivity index is 1.38. The summed E-state index contributed by atoms with van der Waals surface area (Å²) in [4.78, 5) is 0. The summed E-state index contributed by atoms with van der Waals surface area (Å²) in [6.45, 7) is 40.7. The first-order valence-electron chi connectivity index (χ1n) is 24.1. The molecule has 0 radical (unpaired) electrons. The van der Waals surface area contributed by atoms with Gasteiger partial charge in [-0.05, 0) is 101 Å². The van der Waals surface area contributed by atoms with Crippen LogP contribution in [-0.2, 0) is 34.1 Å². The molecule has 0 unspecified atom stereocenters. The molecule has 7 nitrogen and oxygen atoms in total. The Bertz CT molecular complexity index is 1860. The van der Waals surface area contributed by atoms with Gasteiger partial charge in [0.15, 0.2) is 16.6 Å². The lowest BCUT2D eigenvalue weighted by molar-refractivity contribution is -0.0508. The highest BCUT2D eigenvalue weighted by molar-refractivity contribution is 6.99. The van der Waals surface area contributed by atoms with Crippen LogP contribution in [0.4, 0.5) is 0 Å². The smallest absolute Gasteiger partial charge is 0.261 e. The maximum atomic E-state index is 7.46. The van der Waals surface area contributed by atoms with Crippen LogP contribution in [0.3, 0.4) is 0 Å². The first-order valence-corrected chi connectivity index (χ1v) is 31.9. The van der Waals surface area contributed by atoms with E-state index in [2.05, 4.69) is 182 Å². The molecule has 10 heteroatoms. The molecule has 2 aliphatic heterocycles. The Morgan fingerprint density at radius 3 is 1.81 bits per heavy atom.